The molecule has 2 atom stereocenters. The summed E-state index contributed by atoms with van der Waals surface area (Å²) in [7, 11) is 0. The van der Waals surface area contributed by atoms with Gasteiger partial charge in [-0.05, 0) is 37.3 Å². The van der Waals surface area contributed by atoms with E-state index in [0.29, 0.717) is 28.3 Å². The molecule has 22 heavy (non-hydrogen) atoms. The third-order valence-corrected chi connectivity index (χ3v) is 4.57. The van der Waals surface area contributed by atoms with E-state index in [2.05, 4.69) is 5.32 Å². The smallest absolute Gasteiger partial charge is 0.223 e. The van der Waals surface area contributed by atoms with Gasteiger partial charge in [0.05, 0.1) is 29.2 Å². The molecule has 2 N–H and O–H groups in total. The maximum Gasteiger partial charge on any atom is 0.223 e. The number of halogens is 2. The van der Waals surface area contributed by atoms with Crippen molar-refractivity contribution in [2.45, 2.75) is 38.2 Å². The number of benzene rings is 1. The highest BCUT2D eigenvalue weighted by Crippen LogP contribution is 2.26. The second-order valence-electron chi connectivity index (χ2n) is 5.66. The molecule has 0 aliphatic heterocycles. The molecule has 1 fully saturated rings. The number of aliphatic hydroxyl groups is 1. The molecular formula is C16H21Cl2NO3. The standard InChI is InChI=1S/C16H21Cl2NO3/c17-14-5-4-13(9-15(14)18)22-7-6-16(21)19-10-11-2-1-3-12(20)8-11/h4-5,9,11-12,20H,1-3,6-8,10H2,(H,19,21). The van der Waals surface area contributed by atoms with Gasteiger partial charge in [-0.1, -0.05) is 29.6 Å². The molecular weight excluding hydrogens is 325 g/mol. The summed E-state index contributed by atoms with van der Waals surface area (Å²) in [5.41, 5.74) is 0. The third-order valence-electron chi connectivity index (χ3n) is 3.83. The van der Waals surface area contributed by atoms with Crippen LogP contribution in [0.5, 0.6) is 5.75 Å². The molecule has 0 saturated heterocycles. The summed E-state index contributed by atoms with van der Waals surface area (Å²) in [5.74, 6) is 0.932. The van der Waals surface area contributed by atoms with E-state index in [0.717, 1.165) is 25.7 Å². The Bertz CT molecular complexity index is 510. The fourth-order valence-electron chi connectivity index (χ4n) is 2.62. The van der Waals surface area contributed by atoms with Gasteiger partial charge in [0.2, 0.25) is 5.91 Å². The fourth-order valence-corrected chi connectivity index (χ4v) is 2.91. The minimum absolute atomic E-state index is 0.0416. The van der Waals surface area contributed by atoms with Crippen LogP contribution in [0.4, 0.5) is 0 Å². The lowest BCUT2D eigenvalue weighted by Gasteiger charge is -2.25. The van der Waals surface area contributed by atoms with Crippen LogP contribution in [0.25, 0.3) is 0 Å². The lowest BCUT2D eigenvalue weighted by atomic mass is 9.87. The van der Waals surface area contributed by atoms with E-state index in [4.69, 9.17) is 27.9 Å². The van der Waals surface area contributed by atoms with Gasteiger partial charge in [0, 0.05) is 12.6 Å². The third kappa shape index (κ3) is 5.67. The van der Waals surface area contributed by atoms with Crippen LogP contribution in [0.15, 0.2) is 18.2 Å². The lowest BCUT2D eigenvalue weighted by molar-refractivity contribution is -0.121. The Morgan fingerprint density at radius 2 is 2.14 bits per heavy atom. The second-order valence-corrected chi connectivity index (χ2v) is 6.48. The van der Waals surface area contributed by atoms with E-state index in [1.807, 2.05) is 0 Å². The van der Waals surface area contributed by atoms with Crippen LogP contribution in [0.2, 0.25) is 10.0 Å². The molecule has 2 unspecified atom stereocenters. The maximum atomic E-state index is 11.8. The monoisotopic (exact) mass is 345 g/mol. The summed E-state index contributed by atoms with van der Waals surface area (Å²) in [5, 5.41) is 13.4. The van der Waals surface area contributed by atoms with Crippen LogP contribution in [0.1, 0.15) is 32.1 Å². The summed E-state index contributed by atoms with van der Waals surface area (Å²) < 4.78 is 5.48. The van der Waals surface area contributed by atoms with Gasteiger partial charge in [0.25, 0.3) is 0 Å². The number of carbonyl (C=O) groups is 1. The molecule has 1 aromatic rings. The minimum Gasteiger partial charge on any atom is -0.493 e. The van der Waals surface area contributed by atoms with E-state index in [1.165, 1.54) is 0 Å². The molecule has 0 radical (unpaired) electrons. The van der Waals surface area contributed by atoms with Crippen molar-refractivity contribution in [2.24, 2.45) is 5.92 Å². The van der Waals surface area contributed by atoms with Gasteiger partial charge < -0.3 is 15.2 Å². The van der Waals surface area contributed by atoms with Gasteiger partial charge in [-0.15, -0.1) is 0 Å². The molecule has 0 bridgehead atoms. The first-order valence-electron chi connectivity index (χ1n) is 7.57. The molecule has 0 aromatic heterocycles. The fraction of sp³-hybridized carbons (Fsp3) is 0.562. The van der Waals surface area contributed by atoms with Gasteiger partial charge in [0.1, 0.15) is 5.75 Å². The van der Waals surface area contributed by atoms with E-state index in [1.54, 1.807) is 18.2 Å². The number of nitrogens with one attached hydrogen (secondary N) is 1. The topological polar surface area (TPSA) is 58.6 Å². The Morgan fingerprint density at radius 1 is 1.32 bits per heavy atom. The van der Waals surface area contributed by atoms with E-state index < -0.39 is 0 Å². The predicted molar refractivity (Wildman–Crippen MR) is 87.5 cm³/mol. The molecule has 1 saturated carbocycles. The quantitative estimate of drug-likeness (QED) is 0.830. The second kappa shape index (κ2) is 8.61. The van der Waals surface area contributed by atoms with E-state index in [-0.39, 0.29) is 25.0 Å². The van der Waals surface area contributed by atoms with Gasteiger partial charge >= 0.3 is 0 Å². The molecule has 1 aromatic carbocycles. The Kier molecular flexibility index (Phi) is 6.80. The number of hydrogen-bond acceptors (Lipinski definition) is 3. The number of aliphatic hydroxyl groups excluding tert-OH is 1. The van der Waals surface area contributed by atoms with Crippen molar-refractivity contribution in [1.82, 2.24) is 5.32 Å². The molecule has 1 aliphatic rings. The first-order chi connectivity index (χ1) is 10.5. The Balaban J connectivity index is 1.64. The molecule has 1 amide bonds. The summed E-state index contributed by atoms with van der Waals surface area (Å²) >= 11 is 11.7. The molecule has 6 heteroatoms. The Labute approximate surface area is 140 Å². The molecule has 0 spiro atoms. The number of rotatable bonds is 6. The van der Waals surface area contributed by atoms with Gasteiger partial charge in [0.15, 0.2) is 0 Å². The predicted octanol–water partition coefficient (Wildman–Crippen LogP) is 3.43. The van der Waals surface area contributed by atoms with E-state index in [9.17, 15) is 9.90 Å². The largest absolute Gasteiger partial charge is 0.493 e. The van der Waals surface area contributed by atoms with Crippen molar-refractivity contribution in [2.75, 3.05) is 13.2 Å². The highest BCUT2D eigenvalue weighted by molar-refractivity contribution is 6.42. The molecule has 122 valence electrons. The SMILES string of the molecule is O=C(CCOc1ccc(Cl)c(Cl)c1)NCC1CCCC(O)C1. The van der Waals surface area contributed by atoms with Crippen molar-refractivity contribution in [3.8, 4) is 5.75 Å². The van der Waals surface area contributed by atoms with Gasteiger partial charge in [-0.2, -0.15) is 0 Å². The van der Waals surface area contributed by atoms with Gasteiger partial charge in [-0.3, -0.25) is 4.79 Å². The first kappa shape index (κ1) is 17.4. The maximum absolute atomic E-state index is 11.8. The van der Waals surface area contributed by atoms with Crippen molar-refractivity contribution in [1.29, 1.82) is 0 Å². The summed E-state index contributed by atoms with van der Waals surface area (Å²) in [6, 6.07) is 5.01. The number of carbonyl (C=O) groups excluding carboxylic acids is 1. The zero-order valence-corrected chi connectivity index (χ0v) is 13.9. The molecule has 0 heterocycles. The highest BCUT2D eigenvalue weighted by Gasteiger charge is 2.20. The van der Waals surface area contributed by atoms with Crippen LogP contribution in [-0.2, 0) is 4.79 Å². The van der Waals surface area contributed by atoms with Crippen LogP contribution >= 0.6 is 23.2 Å². The summed E-state index contributed by atoms with van der Waals surface area (Å²) in [6.45, 7) is 0.916. The van der Waals surface area contributed by atoms with Crippen LogP contribution in [0.3, 0.4) is 0 Å². The highest BCUT2D eigenvalue weighted by atomic mass is 35.5. The van der Waals surface area contributed by atoms with Crippen LogP contribution in [-0.4, -0.2) is 30.3 Å². The van der Waals surface area contributed by atoms with Crippen molar-refractivity contribution < 1.29 is 14.6 Å². The Hall–Kier alpha value is -0.970. The van der Waals surface area contributed by atoms with Crippen LogP contribution in [0, 0.1) is 5.92 Å². The Morgan fingerprint density at radius 3 is 2.86 bits per heavy atom. The lowest BCUT2D eigenvalue weighted by Crippen LogP contribution is -2.33. The number of hydrogen-bond donors (Lipinski definition) is 2. The molecule has 1 aliphatic carbocycles. The molecule has 4 nitrogen and oxygen atoms in total. The zero-order valence-electron chi connectivity index (χ0n) is 12.4. The van der Waals surface area contributed by atoms with Gasteiger partial charge in [-0.25, -0.2) is 0 Å². The van der Waals surface area contributed by atoms with Crippen molar-refractivity contribution >= 4 is 29.1 Å². The summed E-state index contributed by atoms with van der Waals surface area (Å²) in [6.07, 6.45) is 3.82. The number of ether oxygens (including phenoxy) is 1. The van der Waals surface area contributed by atoms with Crippen molar-refractivity contribution in [3.63, 3.8) is 0 Å². The minimum atomic E-state index is -0.214. The zero-order chi connectivity index (χ0) is 15.9. The normalized spacial score (nSPS) is 21.4. The first-order valence-corrected chi connectivity index (χ1v) is 8.33. The van der Waals surface area contributed by atoms with Crippen molar-refractivity contribution in [3.05, 3.63) is 28.2 Å². The average Bonchev–Trinajstić information content (AvgIpc) is 2.49. The summed E-state index contributed by atoms with van der Waals surface area (Å²) in [4.78, 5) is 11.8. The van der Waals surface area contributed by atoms with Crippen LogP contribution < -0.4 is 10.1 Å². The number of amides is 1. The average molecular weight is 346 g/mol. The van der Waals surface area contributed by atoms with E-state index >= 15 is 0 Å². The molecule has 2 rings (SSSR count).